The number of amides is 1. The second-order valence-corrected chi connectivity index (χ2v) is 9.37. The van der Waals surface area contributed by atoms with E-state index >= 15 is 0 Å². The summed E-state index contributed by atoms with van der Waals surface area (Å²) in [6.45, 7) is 6.30. The van der Waals surface area contributed by atoms with Gasteiger partial charge in [-0.05, 0) is 36.2 Å². The lowest BCUT2D eigenvalue weighted by molar-refractivity contribution is 0.0746. The van der Waals surface area contributed by atoms with E-state index in [4.69, 9.17) is 0 Å². The standard InChI is InChI=1S/C22H25N3OS2/c1-17-5-4-7-19(15-17)24-10-12-25(13-11-24)21(26)20-8-3-2-6-18(20)16-28-22-23-9-14-27-22/h2-8,15H,9-14,16H2,1H3. The van der Waals surface area contributed by atoms with Gasteiger partial charge in [-0.25, -0.2) is 0 Å². The molecule has 2 aliphatic heterocycles. The van der Waals surface area contributed by atoms with E-state index in [1.807, 2.05) is 34.9 Å². The number of piperazine rings is 1. The third-order valence-corrected chi connectivity index (χ3v) is 7.39. The molecule has 2 aliphatic rings. The Morgan fingerprint density at radius 2 is 1.93 bits per heavy atom. The summed E-state index contributed by atoms with van der Waals surface area (Å²) in [5.41, 5.74) is 4.46. The Morgan fingerprint density at radius 1 is 1.11 bits per heavy atom. The van der Waals surface area contributed by atoms with Crippen molar-refractivity contribution < 1.29 is 4.79 Å². The molecule has 0 N–H and O–H groups in total. The molecule has 4 rings (SSSR count). The first-order valence-electron chi connectivity index (χ1n) is 9.69. The molecule has 0 aromatic heterocycles. The molecule has 0 aliphatic carbocycles. The van der Waals surface area contributed by atoms with Gasteiger partial charge in [-0.2, -0.15) is 0 Å². The predicted molar refractivity (Wildman–Crippen MR) is 122 cm³/mol. The lowest BCUT2D eigenvalue weighted by Gasteiger charge is -2.36. The van der Waals surface area contributed by atoms with Gasteiger partial charge in [0.25, 0.3) is 5.91 Å². The van der Waals surface area contributed by atoms with Gasteiger partial charge >= 0.3 is 0 Å². The number of anilines is 1. The van der Waals surface area contributed by atoms with Crippen LogP contribution in [0.4, 0.5) is 5.69 Å². The number of nitrogens with zero attached hydrogens (tertiary/aromatic N) is 3. The SMILES string of the molecule is Cc1cccc(N2CCN(C(=O)c3ccccc3CSC3=NCCS3)CC2)c1. The van der Waals surface area contributed by atoms with Gasteiger partial charge in [-0.3, -0.25) is 9.79 Å². The zero-order valence-corrected chi connectivity index (χ0v) is 17.8. The van der Waals surface area contributed by atoms with E-state index in [1.54, 1.807) is 11.8 Å². The first kappa shape index (κ1) is 19.4. The average molecular weight is 412 g/mol. The molecule has 146 valence electrons. The van der Waals surface area contributed by atoms with E-state index in [0.29, 0.717) is 0 Å². The van der Waals surface area contributed by atoms with Crippen molar-refractivity contribution in [3.05, 3.63) is 65.2 Å². The van der Waals surface area contributed by atoms with Gasteiger partial charge in [0.1, 0.15) is 4.38 Å². The minimum Gasteiger partial charge on any atom is -0.368 e. The zero-order chi connectivity index (χ0) is 19.3. The maximum Gasteiger partial charge on any atom is 0.254 e. The van der Waals surface area contributed by atoms with E-state index in [0.717, 1.165) is 59.7 Å². The van der Waals surface area contributed by atoms with Crippen molar-refractivity contribution >= 4 is 39.5 Å². The Kier molecular flexibility index (Phi) is 6.27. The molecule has 0 atom stereocenters. The van der Waals surface area contributed by atoms with Crippen molar-refractivity contribution in [2.24, 2.45) is 4.99 Å². The Hall–Kier alpha value is -1.92. The molecular formula is C22H25N3OS2. The van der Waals surface area contributed by atoms with Gasteiger partial charge in [0.05, 0.1) is 6.54 Å². The minimum atomic E-state index is 0.154. The highest BCUT2D eigenvalue weighted by atomic mass is 32.2. The molecule has 2 aromatic rings. The summed E-state index contributed by atoms with van der Waals surface area (Å²) < 4.78 is 1.15. The highest BCUT2D eigenvalue weighted by Crippen LogP contribution is 2.27. The number of benzene rings is 2. The highest BCUT2D eigenvalue weighted by Gasteiger charge is 2.24. The number of hydrogen-bond donors (Lipinski definition) is 0. The van der Waals surface area contributed by atoms with Crippen LogP contribution < -0.4 is 4.90 Å². The van der Waals surface area contributed by atoms with Crippen LogP contribution in [0, 0.1) is 6.92 Å². The number of hydrogen-bond acceptors (Lipinski definition) is 5. The number of aliphatic imine (C=N–C) groups is 1. The van der Waals surface area contributed by atoms with Crippen LogP contribution in [0.15, 0.2) is 53.5 Å². The van der Waals surface area contributed by atoms with Crippen molar-refractivity contribution in [1.29, 1.82) is 0 Å². The highest BCUT2D eigenvalue weighted by molar-refractivity contribution is 8.38. The maximum absolute atomic E-state index is 13.2. The van der Waals surface area contributed by atoms with Gasteiger partial charge < -0.3 is 9.80 Å². The van der Waals surface area contributed by atoms with Crippen molar-refractivity contribution in [2.75, 3.05) is 43.4 Å². The van der Waals surface area contributed by atoms with Crippen molar-refractivity contribution in [3.8, 4) is 0 Å². The van der Waals surface area contributed by atoms with Crippen LogP contribution in [0.25, 0.3) is 0 Å². The first-order chi connectivity index (χ1) is 13.7. The van der Waals surface area contributed by atoms with Crippen LogP contribution in [0.3, 0.4) is 0 Å². The fourth-order valence-corrected chi connectivity index (χ4v) is 5.57. The van der Waals surface area contributed by atoms with Crippen LogP contribution in [-0.4, -0.2) is 53.7 Å². The second kappa shape index (κ2) is 9.05. The Morgan fingerprint density at radius 3 is 2.68 bits per heavy atom. The van der Waals surface area contributed by atoms with Gasteiger partial charge in [-0.15, -0.1) is 0 Å². The Bertz CT molecular complexity index is 876. The van der Waals surface area contributed by atoms with Crippen LogP contribution in [0.2, 0.25) is 0 Å². The molecule has 28 heavy (non-hydrogen) atoms. The molecule has 2 aromatic carbocycles. The van der Waals surface area contributed by atoms with E-state index in [2.05, 4.69) is 47.1 Å². The molecule has 4 nitrogen and oxygen atoms in total. The molecule has 1 fully saturated rings. The average Bonchev–Trinajstić information content (AvgIpc) is 3.26. The van der Waals surface area contributed by atoms with Gasteiger partial charge in [0.2, 0.25) is 0 Å². The molecule has 1 saturated heterocycles. The Labute approximate surface area is 175 Å². The summed E-state index contributed by atoms with van der Waals surface area (Å²) in [5, 5.41) is 0. The maximum atomic E-state index is 13.2. The second-order valence-electron chi connectivity index (χ2n) is 7.06. The van der Waals surface area contributed by atoms with Gasteiger partial charge in [0.15, 0.2) is 0 Å². The minimum absolute atomic E-state index is 0.154. The lowest BCUT2D eigenvalue weighted by atomic mass is 10.1. The number of thioether (sulfide) groups is 2. The van der Waals surface area contributed by atoms with Crippen LogP contribution >= 0.6 is 23.5 Å². The fourth-order valence-electron chi connectivity index (χ4n) is 3.56. The molecule has 0 unspecified atom stereocenters. The monoisotopic (exact) mass is 411 g/mol. The summed E-state index contributed by atoms with van der Waals surface area (Å²) in [4.78, 5) is 22.0. The molecule has 0 spiro atoms. The molecule has 0 bridgehead atoms. The summed E-state index contributed by atoms with van der Waals surface area (Å²) >= 11 is 3.56. The zero-order valence-electron chi connectivity index (χ0n) is 16.1. The normalized spacial score (nSPS) is 17.0. The number of rotatable bonds is 4. The third-order valence-electron chi connectivity index (χ3n) is 5.09. The molecule has 0 saturated carbocycles. The largest absolute Gasteiger partial charge is 0.368 e. The lowest BCUT2D eigenvalue weighted by Crippen LogP contribution is -2.49. The number of aryl methyl sites for hydroxylation is 1. The summed E-state index contributed by atoms with van der Waals surface area (Å²) in [6, 6.07) is 16.6. The predicted octanol–water partition coefficient (Wildman–Crippen LogP) is 4.29. The summed E-state index contributed by atoms with van der Waals surface area (Å²) in [6.07, 6.45) is 0. The van der Waals surface area contributed by atoms with E-state index in [1.165, 1.54) is 11.3 Å². The fraction of sp³-hybridized carbons (Fsp3) is 0.364. The molecule has 2 heterocycles. The smallest absolute Gasteiger partial charge is 0.254 e. The number of carbonyl (C=O) groups is 1. The molecule has 1 amide bonds. The van der Waals surface area contributed by atoms with Crippen molar-refractivity contribution in [2.45, 2.75) is 12.7 Å². The topological polar surface area (TPSA) is 35.9 Å². The van der Waals surface area contributed by atoms with Crippen LogP contribution in [0.5, 0.6) is 0 Å². The first-order valence-corrected chi connectivity index (χ1v) is 11.7. The van der Waals surface area contributed by atoms with Crippen molar-refractivity contribution in [1.82, 2.24) is 4.90 Å². The molecule has 6 heteroatoms. The summed E-state index contributed by atoms with van der Waals surface area (Å²) in [7, 11) is 0. The Balaban J connectivity index is 1.40. The van der Waals surface area contributed by atoms with Crippen molar-refractivity contribution in [3.63, 3.8) is 0 Å². The van der Waals surface area contributed by atoms with E-state index in [9.17, 15) is 4.79 Å². The van der Waals surface area contributed by atoms with Crippen LogP contribution in [-0.2, 0) is 5.75 Å². The van der Waals surface area contributed by atoms with E-state index in [-0.39, 0.29) is 5.91 Å². The number of carbonyl (C=O) groups excluding carboxylic acids is 1. The van der Waals surface area contributed by atoms with Gasteiger partial charge in [-0.1, -0.05) is 53.9 Å². The van der Waals surface area contributed by atoms with Crippen LogP contribution in [0.1, 0.15) is 21.5 Å². The summed E-state index contributed by atoms with van der Waals surface area (Å²) in [5.74, 6) is 2.03. The third kappa shape index (κ3) is 4.55. The quantitative estimate of drug-likeness (QED) is 0.752. The van der Waals surface area contributed by atoms with E-state index < -0.39 is 0 Å². The van der Waals surface area contributed by atoms with Gasteiger partial charge in [0, 0.05) is 48.9 Å². The molecular weight excluding hydrogens is 386 g/mol. The molecule has 0 radical (unpaired) electrons.